The third kappa shape index (κ3) is 4.35. The van der Waals surface area contributed by atoms with Gasteiger partial charge in [0.05, 0.1) is 12.2 Å². The molecule has 0 radical (unpaired) electrons. The van der Waals surface area contributed by atoms with Gasteiger partial charge < -0.3 is 15.0 Å². The van der Waals surface area contributed by atoms with Crippen molar-refractivity contribution in [3.05, 3.63) is 53.2 Å². The molecule has 0 saturated carbocycles. The van der Waals surface area contributed by atoms with Crippen LogP contribution in [-0.4, -0.2) is 38.7 Å². The highest BCUT2D eigenvalue weighted by molar-refractivity contribution is 9.10. The molecule has 0 bridgehead atoms. The predicted octanol–water partition coefficient (Wildman–Crippen LogP) is 2.05. The van der Waals surface area contributed by atoms with E-state index in [9.17, 15) is 0 Å². The first-order valence-corrected chi connectivity index (χ1v) is 8.59. The van der Waals surface area contributed by atoms with Crippen LogP contribution in [0.15, 0.2) is 52.5 Å². The fourth-order valence-electron chi connectivity index (χ4n) is 2.38. The van der Waals surface area contributed by atoms with E-state index >= 15 is 0 Å². The monoisotopic (exact) mass is 389 g/mol. The van der Waals surface area contributed by atoms with Crippen molar-refractivity contribution in [2.24, 2.45) is 4.99 Å². The maximum atomic E-state index is 4.58. The lowest BCUT2D eigenvalue weighted by Crippen LogP contribution is -2.37. The Kier molecular flexibility index (Phi) is 5.47. The lowest BCUT2D eigenvalue weighted by Gasteiger charge is -2.10. The second-order valence-electron chi connectivity index (χ2n) is 5.32. The highest BCUT2D eigenvalue weighted by Gasteiger charge is 2.03. The summed E-state index contributed by atoms with van der Waals surface area (Å²) in [5.74, 6) is 0.772. The minimum absolute atomic E-state index is 0.623. The lowest BCUT2D eigenvalue weighted by atomic mass is 10.4. The number of fused-ring (bicyclic) bond motifs is 1. The number of rotatable bonds is 6. The van der Waals surface area contributed by atoms with Crippen molar-refractivity contribution in [1.82, 2.24) is 29.8 Å². The minimum atomic E-state index is 0.623. The molecule has 8 heteroatoms. The Hall–Kier alpha value is -2.35. The highest BCUT2D eigenvalue weighted by Crippen LogP contribution is 2.12. The Balaban J connectivity index is 1.46. The normalized spacial score (nSPS) is 11.8. The van der Waals surface area contributed by atoms with E-state index < -0.39 is 0 Å². The summed E-state index contributed by atoms with van der Waals surface area (Å²) < 4.78 is 4.95. The summed E-state index contributed by atoms with van der Waals surface area (Å²) in [5.41, 5.74) is 1.89. The van der Waals surface area contributed by atoms with Crippen LogP contribution in [0.3, 0.4) is 0 Å². The molecular formula is C16H20BrN7. The first-order valence-electron chi connectivity index (χ1n) is 7.80. The van der Waals surface area contributed by atoms with Crippen LogP contribution in [0.25, 0.3) is 5.65 Å². The van der Waals surface area contributed by atoms with Crippen LogP contribution in [0.2, 0.25) is 0 Å². The van der Waals surface area contributed by atoms with E-state index in [1.165, 1.54) is 0 Å². The smallest absolute Gasteiger partial charge is 0.191 e. The van der Waals surface area contributed by atoms with Crippen molar-refractivity contribution in [2.75, 3.05) is 13.6 Å². The fourth-order valence-corrected chi connectivity index (χ4v) is 2.73. The molecule has 0 amide bonds. The Morgan fingerprint density at radius 3 is 3.00 bits per heavy atom. The molecule has 3 heterocycles. The van der Waals surface area contributed by atoms with E-state index in [0.29, 0.717) is 6.54 Å². The van der Waals surface area contributed by atoms with Crippen LogP contribution in [0, 0.1) is 0 Å². The average molecular weight is 390 g/mol. The van der Waals surface area contributed by atoms with Crippen LogP contribution in [0.1, 0.15) is 12.1 Å². The standard InChI is InChI=1S/C16H20BrN7/c1-18-16(19-6-2-8-24-9-3-7-21-24)20-10-14-12-23-11-13(17)4-5-15(23)22-14/h3-5,7,9,11-12H,2,6,8,10H2,1H3,(H2,18,19,20). The van der Waals surface area contributed by atoms with Crippen molar-refractivity contribution in [1.29, 1.82) is 0 Å². The topological polar surface area (TPSA) is 71.5 Å². The van der Waals surface area contributed by atoms with E-state index in [-0.39, 0.29) is 0 Å². The fraction of sp³-hybridized carbons (Fsp3) is 0.312. The molecule has 0 aliphatic carbocycles. The second kappa shape index (κ2) is 7.96. The van der Waals surface area contributed by atoms with Crippen LogP contribution >= 0.6 is 15.9 Å². The molecule has 3 rings (SSSR count). The average Bonchev–Trinajstić information content (AvgIpc) is 3.23. The van der Waals surface area contributed by atoms with E-state index in [4.69, 9.17) is 0 Å². The van der Waals surface area contributed by atoms with E-state index in [1.807, 2.05) is 45.9 Å². The molecular weight excluding hydrogens is 370 g/mol. The number of imidazole rings is 1. The van der Waals surface area contributed by atoms with Gasteiger partial charge in [0.1, 0.15) is 5.65 Å². The van der Waals surface area contributed by atoms with Crippen molar-refractivity contribution in [3.63, 3.8) is 0 Å². The molecule has 126 valence electrons. The summed E-state index contributed by atoms with van der Waals surface area (Å²) in [6, 6.07) is 5.90. The first-order chi connectivity index (χ1) is 11.7. The van der Waals surface area contributed by atoms with Crippen molar-refractivity contribution in [3.8, 4) is 0 Å². The molecule has 0 aliphatic rings. The number of pyridine rings is 1. The molecule has 24 heavy (non-hydrogen) atoms. The Bertz CT molecular complexity index is 807. The number of guanidine groups is 1. The number of nitrogens with one attached hydrogen (secondary N) is 2. The van der Waals surface area contributed by atoms with Gasteiger partial charge in [-0.1, -0.05) is 0 Å². The summed E-state index contributed by atoms with van der Waals surface area (Å²) in [4.78, 5) is 8.81. The maximum absolute atomic E-state index is 4.58. The zero-order chi connectivity index (χ0) is 16.8. The van der Waals surface area contributed by atoms with Gasteiger partial charge in [0.25, 0.3) is 0 Å². The zero-order valence-corrected chi connectivity index (χ0v) is 15.1. The number of nitrogens with zero attached hydrogens (tertiary/aromatic N) is 5. The summed E-state index contributed by atoms with van der Waals surface area (Å²) in [5, 5.41) is 10.8. The molecule has 0 aromatic carbocycles. The summed E-state index contributed by atoms with van der Waals surface area (Å²) in [6.07, 6.45) is 8.74. The van der Waals surface area contributed by atoms with Crippen LogP contribution in [0.4, 0.5) is 0 Å². The molecule has 7 nitrogen and oxygen atoms in total. The van der Waals surface area contributed by atoms with Crippen molar-refractivity contribution in [2.45, 2.75) is 19.5 Å². The van der Waals surface area contributed by atoms with Gasteiger partial charge >= 0.3 is 0 Å². The third-order valence-corrected chi connectivity index (χ3v) is 4.01. The van der Waals surface area contributed by atoms with Gasteiger partial charge in [0.2, 0.25) is 0 Å². The number of hydrogen-bond donors (Lipinski definition) is 2. The van der Waals surface area contributed by atoms with Gasteiger partial charge in [0.15, 0.2) is 5.96 Å². The SMILES string of the molecule is CN=C(NCCCn1cccn1)NCc1cn2cc(Br)ccc2n1. The number of halogens is 1. The van der Waals surface area contributed by atoms with Gasteiger partial charge in [-0.3, -0.25) is 9.67 Å². The van der Waals surface area contributed by atoms with Crippen LogP contribution in [-0.2, 0) is 13.1 Å². The third-order valence-electron chi connectivity index (χ3n) is 3.54. The number of hydrogen-bond acceptors (Lipinski definition) is 3. The predicted molar refractivity (Wildman–Crippen MR) is 97.9 cm³/mol. The quantitative estimate of drug-likeness (QED) is 0.384. The Morgan fingerprint density at radius 1 is 1.29 bits per heavy atom. The van der Waals surface area contributed by atoms with E-state index in [2.05, 4.69) is 41.6 Å². The number of aryl methyl sites for hydroxylation is 1. The summed E-state index contributed by atoms with van der Waals surface area (Å²) >= 11 is 3.47. The Morgan fingerprint density at radius 2 is 2.21 bits per heavy atom. The molecule has 0 aliphatic heterocycles. The zero-order valence-electron chi connectivity index (χ0n) is 13.5. The van der Waals surface area contributed by atoms with Crippen LogP contribution < -0.4 is 10.6 Å². The lowest BCUT2D eigenvalue weighted by molar-refractivity contribution is 0.570. The van der Waals surface area contributed by atoms with Gasteiger partial charge in [-0.2, -0.15) is 5.10 Å². The minimum Gasteiger partial charge on any atom is -0.356 e. The molecule has 0 spiro atoms. The molecule has 3 aromatic rings. The van der Waals surface area contributed by atoms with Gasteiger partial charge in [-0.25, -0.2) is 4.98 Å². The molecule has 0 atom stereocenters. The first kappa shape index (κ1) is 16.5. The van der Waals surface area contributed by atoms with Crippen molar-refractivity contribution >= 4 is 27.5 Å². The summed E-state index contributed by atoms with van der Waals surface area (Å²) in [6.45, 7) is 2.34. The van der Waals surface area contributed by atoms with Gasteiger partial charge in [0, 0.05) is 49.4 Å². The molecule has 0 saturated heterocycles. The molecule has 0 fully saturated rings. The highest BCUT2D eigenvalue weighted by atomic mass is 79.9. The molecule has 2 N–H and O–H groups in total. The van der Waals surface area contributed by atoms with Gasteiger partial charge in [-0.15, -0.1) is 0 Å². The number of aliphatic imine (C=N–C) groups is 1. The Labute approximate surface area is 148 Å². The maximum Gasteiger partial charge on any atom is 0.191 e. The molecule has 3 aromatic heterocycles. The van der Waals surface area contributed by atoms with Crippen LogP contribution in [0.5, 0.6) is 0 Å². The molecule has 0 unspecified atom stereocenters. The second-order valence-corrected chi connectivity index (χ2v) is 6.24. The largest absolute Gasteiger partial charge is 0.356 e. The van der Waals surface area contributed by atoms with Gasteiger partial charge in [-0.05, 0) is 40.5 Å². The number of aromatic nitrogens is 4. The summed E-state index contributed by atoms with van der Waals surface area (Å²) in [7, 11) is 1.77. The van der Waals surface area contributed by atoms with Crippen molar-refractivity contribution < 1.29 is 0 Å². The van der Waals surface area contributed by atoms with E-state index in [1.54, 1.807) is 13.2 Å². The van der Waals surface area contributed by atoms with E-state index in [0.717, 1.165) is 41.3 Å².